The number of benzene rings is 1. The van der Waals surface area contributed by atoms with Crippen LogP contribution in [0.15, 0.2) is 30.3 Å². The molecule has 4 heteroatoms. The molecular weight excluding hydrogens is 202 g/mol. The quantitative estimate of drug-likeness (QED) is 0.703. The summed E-state index contributed by atoms with van der Waals surface area (Å²) in [4.78, 5) is 10.8. The van der Waals surface area contributed by atoms with Crippen LogP contribution in [0.5, 0.6) is 0 Å². The van der Waals surface area contributed by atoms with Crippen molar-refractivity contribution < 1.29 is 26.2 Å². The molecule has 0 amide bonds. The summed E-state index contributed by atoms with van der Waals surface area (Å²) < 4.78 is 4.43. The molecule has 0 aliphatic heterocycles. The molecule has 2 nitrogen and oxygen atoms in total. The Bertz CT molecular complexity index is 225. The van der Waals surface area contributed by atoms with Gasteiger partial charge in [0.05, 0.1) is 0 Å². The zero-order chi connectivity index (χ0) is 7.40. The van der Waals surface area contributed by atoms with Crippen LogP contribution in [-0.2, 0) is 21.4 Å². The molecule has 0 atom stereocenters. The van der Waals surface area contributed by atoms with Crippen LogP contribution in [0, 0.1) is 0 Å². The van der Waals surface area contributed by atoms with Crippen LogP contribution >= 0.6 is 12.4 Å². The molecule has 11 heavy (non-hydrogen) atoms. The van der Waals surface area contributed by atoms with Crippen molar-refractivity contribution in [1.29, 1.82) is 0 Å². The molecule has 0 aromatic heterocycles. The van der Waals surface area contributed by atoms with Gasteiger partial charge in [0.1, 0.15) is 0 Å². The summed E-state index contributed by atoms with van der Waals surface area (Å²) in [5, 5.41) is 0. The Morgan fingerprint density at radius 3 is 2.27 bits per heavy atom. The van der Waals surface area contributed by atoms with Crippen molar-refractivity contribution in [1.82, 2.24) is 0 Å². The Hall–Kier alpha value is -0.436. The van der Waals surface area contributed by atoms with E-state index < -0.39 is 0 Å². The number of hydrogen-bond acceptors (Lipinski definition) is 2. The third kappa shape index (κ3) is 2.97. The molecule has 0 N–H and O–H groups in total. The summed E-state index contributed by atoms with van der Waals surface area (Å²) >= 11 is 1.78. The molecule has 58 valence electrons. The van der Waals surface area contributed by atoms with E-state index in [1.165, 1.54) is 0 Å². The molecule has 0 saturated heterocycles. The first kappa shape index (κ1) is 10.6. The summed E-state index contributed by atoms with van der Waals surface area (Å²) in [6.07, 6.45) is 0. The molecule has 0 spiro atoms. The van der Waals surface area contributed by atoms with Gasteiger partial charge in [0.15, 0.2) is 0 Å². The van der Waals surface area contributed by atoms with E-state index in [9.17, 15) is 4.79 Å². The standard InChI is InChI=1S/C7H6O2.ClH.V/c8-7(9)6-4-2-1-3-5-6;;/h1-5H,(H,8,9);1H;/q;;+1/p-1. The maximum atomic E-state index is 10.8. The van der Waals surface area contributed by atoms with Crippen LogP contribution in [-0.4, -0.2) is 5.97 Å². The molecule has 0 unspecified atom stereocenters. The normalized spacial score (nSPS) is 8.00. The summed E-state index contributed by atoms with van der Waals surface area (Å²) in [6, 6.07) is 8.84. The van der Waals surface area contributed by atoms with Gasteiger partial charge in [-0.1, -0.05) is 0 Å². The topological polar surface area (TPSA) is 26.3 Å². The van der Waals surface area contributed by atoms with Gasteiger partial charge >= 0.3 is 68.1 Å². The zero-order valence-corrected chi connectivity index (χ0v) is 7.77. The van der Waals surface area contributed by atoms with Crippen molar-refractivity contribution in [2.45, 2.75) is 0 Å². The van der Waals surface area contributed by atoms with Gasteiger partial charge in [-0.3, -0.25) is 0 Å². The minimum absolute atomic E-state index is 0. The first-order chi connectivity index (χ1) is 4.84. The van der Waals surface area contributed by atoms with E-state index in [1.807, 2.05) is 6.07 Å². The van der Waals surface area contributed by atoms with Crippen molar-refractivity contribution in [3.63, 3.8) is 0 Å². The first-order valence-corrected chi connectivity index (χ1v) is 3.32. The molecule has 0 aliphatic rings. The van der Waals surface area contributed by atoms with Crippen molar-refractivity contribution in [2.24, 2.45) is 0 Å². The van der Waals surface area contributed by atoms with E-state index in [-0.39, 0.29) is 18.4 Å². The molecule has 0 saturated carbocycles. The van der Waals surface area contributed by atoms with E-state index >= 15 is 0 Å². The van der Waals surface area contributed by atoms with Crippen LogP contribution in [0.1, 0.15) is 10.4 Å². The fourth-order valence-electron chi connectivity index (χ4n) is 0.627. The third-order valence-corrected chi connectivity index (χ3v) is 1.35. The van der Waals surface area contributed by atoms with Crippen molar-refractivity contribution in [2.75, 3.05) is 0 Å². The van der Waals surface area contributed by atoms with E-state index in [1.54, 1.807) is 42.0 Å². The average Bonchev–Trinajstić information content (AvgIpc) is 2.05. The number of carbonyl (C=O) groups is 1. The van der Waals surface area contributed by atoms with Gasteiger partial charge in [-0.05, 0) is 0 Å². The summed E-state index contributed by atoms with van der Waals surface area (Å²) in [7, 11) is 0. The van der Waals surface area contributed by atoms with Gasteiger partial charge in [-0.15, -0.1) is 12.4 Å². The van der Waals surface area contributed by atoms with E-state index in [2.05, 4.69) is 3.66 Å². The van der Waals surface area contributed by atoms with E-state index in [0.29, 0.717) is 5.56 Å². The summed E-state index contributed by atoms with van der Waals surface area (Å²) in [5.74, 6) is -0.319. The second kappa shape index (κ2) is 5.25. The Morgan fingerprint density at radius 2 is 1.82 bits per heavy atom. The van der Waals surface area contributed by atoms with Gasteiger partial charge in [0.2, 0.25) is 0 Å². The van der Waals surface area contributed by atoms with Gasteiger partial charge in [0, 0.05) is 0 Å². The molecule has 1 rings (SSSR count). The van der Waals surface area contributed by atoms with Crippen LogP contribution in [0.2, 0.25) is 0 Å². The van der Waals surface area contributed by atoms with Crippen LogP contribution in [0.4, 0.5) is 0 Å². The van der Waals surface area contributed by atoms with Crippen LogP contribution in [0.3, 0.4) is 0 Å². The first-order valence-electron chi connectivity index (χ1n) is 2.75. The molecular formula is C7H6ClO2V. The predicted molar refractivity (Wildman–Crippen MR) is 39.1 cm³/mol. The fraction of sp³-hybridized carbons (Fsp3) is 0. The minimum atomic E-state index is -0.319. The number of hydrogen-bond donors (Lipinski definition) is 0. The molecule has 0 bridgehead atoms. The molecule has 0 aliphatic carbocycles. The van der Waals surface area contributed by atoms with E-state index in [0.717, 1.165) is 0 Å². The van der Waals surface area contributed by atoms with Gasteiger partial charge in [0.25, 0.3) is 0 Å². The molecule has 0 heterocycles. The Balaban J connectivity index is 0.000001000. The molecule has 1 aromatic rings. The molecule has 0 radical (unpaired) electrons. The van der Waals surface area contributed by atoms with Crippen molar-refractivity contribution in [3.05, 3.63) is 35.9 Å². The maximum absolute atomic E-state index is 10.8. The van der Waals surface area contributed by atoms with E-state index in [4.69, 9.17) is 0 Å². The van der Waals surface area contributed by atoms with Crippen LogP contribution in [0.25, 0.3) is 0 Å². The second-order valence-corrected chi connectivity index (χ2v) is 2.03. The van der Waals surface area contributed by atoms with Gasteiger partial charge < -0.3 is 0 Å². The SMILES string of the molecule is Cl.O=C([O][V])c1ccccc1. The van der Waals surface area contributed by atoms with Gasteiger partial charge in [-0.25, -0.2) is 0 Å². The molecule has 1 aromatic carbocycles. The molecule has 0 fully saturated rings. The fourth-order valence-corrected chi connectivity index (χ4v) is 0.792. The predicted octanol–water partition coefficient (Wildman–Crippen LogP) is 1.73. The monoisotopic (exact) mass is 208 g/mol. The van der Waals surface area contributed by atoms with Crippen molar-refractivity contribution in [3.8, 4) is 0 Å². The summed E-state index contributed by atoms with van der Waals surface area (Å²) in [5.41, 5.74) is 0.572. The Kier molecular flexibility index (Phi) is 5.04. The Labute approximate surface area is 80.7 Å². The van der Waals surface area contributed by atoms with Crippen molar-refractivity contribution >= 4 is 18.4 Å². The number of carbonyl (C=O) groups excluding carboxylic acids is 1. The average molecular weight is 209 g/mol. The van der Waals surface area contributed by atoms with Gasteiger partial charge in [-0.2, -0.15) is 0 Å². The summed E-state index contributed by atoms with van der Waals surface area (Å²) in [6.45, 7) is 0. The third-order valence-electron chi connectivity index (χ3n) is 1.09. The zero-order valence-electron chi connectivity index (χ0n) is 5.56. The van der Waals surface area contributed by atoms with Crippen LogP contribution < -0.4 is 0 Å². The number of rotatable bonds is 1. The Morgan fingerprint density at radius 1 is 1.27 bits per heavy atom. The second-order valence-electron chi connectivity index (χ2n) is 1.74. The number of halogens is 1.